The van der Waals surface area contributed by atoms with Gasteiger partial charge >= 0.3 is 0 Å². The molecule has 0 aliphatic carbocycles. The highest BCUT2D eigenvalue weighted by molar-refractivity contribution is 8.00. The highest BCUT2D eigenvalue weighted by atomic mass is 32.2. The Hall–Kier alpha value is 0.270. The lowest BCUT2D eigenvalue weighted by Gasteiger charge is -2.32. The summed E-state index contributed by atoms with van der Waals surface area (Å²) < 4.78 is 0. The van der Waals surface area contributed by atoms with E-state index in [0.717, 1.165) is 5.37 Å². The van der Waals surface area contributed by atoms with Crippen LogP contribution in [0.1, 0.15) is 26.7 Å². The van der Waals surface area contributed by atoms with Crippen LogP contribution >= 0.6 is 11.8 Å². The van der Waals surface area contributed by atoms with Gasteiger partial charge in [0.05, 0.1) is 5.37 Å². The molecule has 3 heteroatoms. The number of hydrogen-bond acceptors (Lipinski definition) is 3. The molecular formula is C11H22N2S. The van der Waals surface area contributed by atoms with E-state index >= 15 is 0 Å². The fraction of sp³-hybridized carbons (Fsp3) is 1.00. The van der Waals surface area contributed by atoms with E-state index in [0.29, 0.717) is 5.41 Å². The Kier molecular flexibility index (Phi) is 3.40. The molecule has 0 aromatic rings. The smallest absolute Gasteiger partial charge is 0.0558 e. The zero-order valence-corrected chi connectivity index (χ0v) is 10.2. The van der Waals surface area contributed by atoms with Gasteiger partial charge in [0.1, 0.15) is 0 Å². The van der Waals surface area contributed by atoms with E-state index in [-0.39, 0.29) is 0 Å². The molecule has 0 aromatic heterocycles. The Morgan fingerprint density at radius 3 is 3.00 bits per heavy atom. The Balaban J connectivity index is 1.95. The summed E-state index contributed by atoms with van der Waals surface area (Å²) in [6, 6.07) is 0. The van der Waals surface area contributed by atoms with Gasteiger partial charge in [0.2, 0.25) is 0 Å². The fourth-order valence-electron chi connectivity index (χ4n) is 2.43. The first kappa shape index (κ1) is 10.8. The highest BCUT2D eigenvalue weighted by Crippen LogP contribution is 2.31. The molecule has 0 bridgehead atoms. The maximum absolute atomic E-state index is 3.54. The third kappa shape index (κ3) is 2.65. The number of nitrogens with one attached hydrogen (secondary N) is 1. The van der Waals surface area contributed by atoms with E-state index in [1.807, 2.05) is 0 Å². The molecule has 1 atom stereocenters. The molecule has 1 unspecified atom stereocenters. The van der Waals surface area contributed by atoms with Crippen LogP contribution in [-0.4, -0.2) is 42.2 Å². The first-order chi connectivity index (χ1) is 6.67. The third-order valence-corrected chi connectivity index (χ3v) is 4.57. The van der Waals surface area contributed by atoms with Crippen molar-refractivity contribution in [1.82, 2.24) is 10.2 Å². The van der Waals surface area contributed by atoms with E-state index in [9.17, 15) is 0 Å². The van der Waals surface area contributed by atoms with Crippen LogP contribution in [0.2, 0.25) is 0 Å². The maximum Gasteiger partial charge on any atom is 0.0558 e. The normalized spacial score (nSPS) is 34.3. The van der Waals surface area contributed by atoms with Crippen molar-refractivity contribution in [2.75, 3.05) is 31.9 Å². The standard InChI is InChI=1S/C11H22N2S/c1-11(2)8-12-5-6-13(9-11)10-4-3-7-14-10/h10,12H,3-9H2,1-2H3. The SMILES string of the molecule is CC1(C)CNCCN(C2CCCS2)C1. The van der Waals surface area contributed by atoms with Crippen molar-refractivity contribution in [3.05, 3.63) is 0 Å². The lowest BCUT2D eigenvalue weighted by atomic mass is 9.93. The Labute approximate surface area is 91.8 Å². The van der Waals surface area contributed by atoms with Crippen LogP contribution in [-0.2, 0) is 0 Å². The second-order valence-corrected chi connectivity index (χ2v) is 6.56. The van der Waals surface area contributed by atoms with Crippen LogP contribution in [0, 0.1) is 5.41 Å². The van der Waals surface area contributed by atoms with Crippen molar-refractivity contribution < 1.29 is 0 Å². The summed E-state index contributed by atoms with van der Waals surface area (Å²) in [5.41, 5.74) is 0.444. The number of hydrogen-bond donors (Lipinski definition) is 1. The Bertz CT molecular complexity index is 188. The lowest BCUT2D eigenvalue weighted by molar-refractivity contribution is 0.192. The van der Waals surface area contributed by atoms with Gasteiger partial charge < -0.3 is 5.32 Å². The summed E-state index contributed by atoms with van der Waals surface area (Å²) in [5, 5.41) is 4.35. The molecule has 2 saturated heterocycles. The zero-order chi connectivity index (χ0) is 10.0. The highest BCUT2D eigenvalue weighted by Gasteiger charge is 2.30. The first-order valence-corrected chi connectivity index (χ1v) is 6.79. The van der Waals surface area contributed by atoms with Gasteiger partial charge in [-0.15, -0.1) is 11.8 Å². The van der Waals surface area contributed by atoms with Crippen molar-refractivity contribution in [3.8, 4) is 0 Å². The molecule has 1 N–H and O–H groups in total. The average molecular weight is 214 g/mol. The van der Waals surface area contributed by atoms with E-state index in [2.05, 4.69) is 35.8 Å². The molecule has 0 amide bonds. The van der Waals surface area contributed by atoms with Crippen LogP contribution in [0.15, 0.2) is 0 Å². The molecule has 0 saturated carbocycles. The van der Waals surface area contributed by atoms with Gasteiger partial charge in [-0.1, -0.05) is 13.8 Å². The Morgan fingerprint density at radius 1 is 1.43 bits per heavy atom. The van der Waals surface area contributed by atoms with Crippen LogP contribution in [0.5, 0.6) is 0 Å². The van der Waals surface area contributed by atoms with Crippen molar-refractivity contribution in [3.63, 3.8) is 0 Å². The Morgan fingerprint density at radius 2 is 2.29 bits per heavy atom. The van der Waals surface area contributed by atoms with Crippen LogP contribution in [0.25, 0.3) is 0 Å². The van der Waals surface area contributed by atoms with Crippen molar-refractivity contribution >= 4 is 11.8 Å². The van der Waals surface area contributed by atoms with Crippen LogP contribution in [0.4, 0.5) is 0 Å². The minimum atomic E-state index is 0.444. The number of nitrogens with zero attached hydrogens (tertiary/aromatic N) is 1. The van der Waals surface area contributed by atoms with Gasteiger partial charge in [-0.25, -0.2) is 0 Å². The lowest BCUT2D eigenvalue weighted by Crippen LogP contribution is -2.39. The average Bonchev–Trinajstić information content (AvgIpc) is 2.57. The summed E-state index contributed by atoms with van der Waals surface area (Å²) in [5.74, 6) is 1.37. The van der Waals surface area contributed by atoms with Crippen molar-refractivity contribution in [1.29, 1.82) is 0 Å². The van der Waals surface area contributed by atoms with Gasteiger partial charge in [0.15, 0.2) is 0 Å². The molecule has 0 radical (unpaired) electrons. The topological polar surface area (TPSA) is 15.3 Å². The molecule has 14 heavy (non-hydrogen) atoms. The summed E-state index contributed by atoms with van der Waals surface area (Å²) >= 11 is 2.16. The molecule has 0 spiro atoms. The molecule has 2 aliphatic rings. The summed E-state index contributed by atoms with van der Waals surface area (Å²) in [4.78, 5) is 2.69. The molecule has 0 aromatic carbocycles. The van der Waals surface area contributed by atoms with Gasteiger partial charge in [0.25, 0.3) is 0 Å². The number of rotatable bonds is 1. The summed E-state index contributed by atoms with van der Waals surface area (Å²) in [6.45, 7) is 9.58. The van der Waals surface area contributed by atoms with Gasteiger partial charge in [-0.05, 0) is 24.0 Å². The van der Waals surface area contributed by atoms with E-state index in [4.69, 9.17) is 0 Å². The van der Waals surface area contributed by atoms with E-state index in [1.54, 1.807) is 0 Å². The fourth-order valence-corrected chi connectivity index (χ4v) is 3.76. The van der Waals surface area contributed by atoms with E-state index in [1.165, 1.54) is 44.8 Å². The summed E-state index contributed by atoms with van der Waals surface area (Å²) in [7, 11) is 0. The zero-order valence-electron chi connectivity index (χ0n) is 9.38. The molecule has 2 fully saturated rings. The molecule has 2 aliphatic heterocycles. The minimum absolute atomic E-state index is 0.444. The molecule has 2 rings (SSSR count). The predicted octanol–water partition coefficient (Wildman–Crippen LogP) is 1.77. The molecule has 2 heterocycles. The van der Waals surface area contributed by atoms with Crippen molar-refractivity contribution in [2.45, 2.75) is 32.1 Å². The van der Waals surface area contributed by atoms with Gasteiger partial charge in [0, 0.05) is 26.2 Å². The minimum Gasteiger partial charge on any atom is -0.315 e. The van der Waals surface area contributed by atoms with Gasteiger partial charge in [-0.2, -0.15) is 0 Å². The molecule has 2 nitrogen and oxygen atoms in total. The predicted molar refractivity (Wildman–Crippen MR) is 63.7 cm³/mol. The number of thioether (sulfide) groups is 1. The van der Waals surface area contributed by atoms with Crippen LogP contribution < -0.4 is 5.32 Å². The molecule has 82 valence electrons. The third-order valence-electron chi connectivity index (χ3n) is 3.12. The molecular weight excluding hydrogens is 192 g/mol. The monoisotopic (exact) mass is 214 g/mol. The first-order valence-electron chi connectivity index (χ1n) is 5.74. The van der Waals surface area contributed by atoms with Crippen molar-refractivity contribution in [2.24, 2.45) is 5.41 Å². The maximum atomic E-state index is 3.54. The van der Waals surface area contributed by atoms with E-state index < -0.39 is 0 Å². The largest absolute Gasteiger partial charge is 0.315 e. The second-order valence-electron chi connectivity index (χ2n) is 5.28. The van der Waals surface area contributed by atoms with Crippen LogP contribution in [0.3, 0.4) is 0 Å². The summed E-state index contributed by atoms with van der Waals surface area (Å²) in [6.07, 6.45) is 2.82. The van der Waals surface area contributed by atoms with Gasteiger partial charge in [-0.3, -0.25) is 4.90 Å². The quantitative estimate of drug-likeness (QED) is 0.716. The second kappa shape index (κ2) is 4.42.